The van der Waals surface area contributed by atoms with Gasteiger partial charge in [-0.25, -0.2) is 4.79 Å². The predicted molar refractivity (Wildman–Crippen MR) is 196 cm³/mol. The van der Waals surface area contributed by atoms with Crippen molar-refractivity contribution in [3.8, 4) is 5.75 Å². The van der Waals surface area contributed by atoms with E-state index in [-0.39, 0.29) is 16.2 Å². The van der Waals surface area contributed by atoms with Gasteiger partial charge in [-0.1, -0.05) is 45.0 Å². The van der Waals surface area contributed by atoms with Crippen molar-refractivity contribution < 1.29 is 61.6 Å². The molecule has 0 N–H and O–H groups in total. The van der Waals surface area contributed by atoms with Crippen LogP contribution >= 0.6 is 0 Å². The van der Waals surface area contributed by atoms with Crippen LogP contribution < -0.4 is 4.43 Å². The van der Waals surface area contributed by atoms with Gasteiger partial charge in [0.05, 0.1) is 11.1 Å². The molecule has 0 radical (unpaired) electrons. The minimum absolute atomic E-state index is 0.0505. The quantitative estimate of drug-likeness (QED) is 0.0694. The molecule has 0 bridgehead atoms. The summed E-state index contributed by atoms with van der Waals surface area (Å²) < 4.78 is 41.1. The van der Waals surface area contributed by atoms with E-state index in [4.69, 9.17) is 32.8 Å². The van der Waals surface area contributed by atoms with Crippen LogP contribution in [-0.2, 0) is 47.6 Å². The van der Waals surface area contributed by atoms with Gasteiger partial charge in [0.25, 0.3) is 11.8 Å². The van der Waals surface area contributed by atoms with Crippen molar-refractivity contribution >= 4 is 50.1 Å². The summed E-state index contributed by atoms with van der Waals surface area (Å²) in [4.78, 5) is 79.5. The lowest BCUT2D eigenvalue weighted by molar-refractivity contribution is -0.277. The van der Waals surface area contributed by atoms with Crippen LogP contribution in [-0.4, -0.2) is 91.8 Å². The van der Waals surface area contributed by atoms with Crippen LogP contribution in [0.5, 0.6) is 5.75 Å². The molecule has 5 atom stereocenters. The largest absolute Gasteiger partial charge is 0.544 e. The maximum absolute atomic E-state index is 14.0. The Balaban J connectivity index is 1.86. The Hall–Kier alpha value is -5.02. The Kier molecular flexibility index (Phi) is 12.5. The van der Waals surface area contributed by atoms with Crippen molar-refractivity contribution in [2.24, 2.45) is 0 Å². The number of fused-ring (bicyclic) bond motifs is 1. The molecular formula is C39H49NO13Si. The van der Waals surface area contributed by atoms with Crippen molar-refractivity contribution in [3.63, 3.8) is 0 Å². The fourth-order valence-electron chi connectivity index (χ4n) is 5.56. The van der Waals surface area contributed by atoms with E-state index in [9.17, 15) is 28.8 Å². The van der Waals surface area contributed by atoms with E-state index in [1.165, 1.54) is 18.2 Å². The van der Waals surface area contributed by atoms with Crippen LogP contribution in [0.4, 0.5) is 0 Å². The Morgan fingerprint density at radius 2 is 1.31 bits per heavy atom. The topological polar surface area (TPSA) is 170 Å². The van der Waals surface area contributed by atoms with Crippen LogP contribution in [0.3, 0.4) is 0 Å². The summed E-state index contributed by atoms with van der Waals surface area (Å²) in [6.45, 7) is 18.4. The van der Waals surface area contributed by atoms with Gasteiger partial charge in [-0.15, -0.1) is 0 Å². The maximum atomic E-state index is 14.0. The van der Waals surface area contributed by atoms with Crippen molar-refractivity contribution in [2.75, 3.05) is 6.61 Å². The van der Waals surface area contributed by atoms with Crippen molar-refractivity contribution in [2.45, 2.75) is 117 Å². The lowest BCUT2D eigenvalue weighted by Gasteiger charge is -2.47. The molecule has 14 nitrogen and oxygen atoms in total. The number of benzene rings is 2. The van der Waals surface area contributed by atoms with Crippen LogP contribution in [0.15, 0.2) is 54.3 Å². The predicted octanol–water partition coefficient (Wildman–Crippen LogP) is 5.59. The van der Waals surface area contributed by atoms with Gasteiger partial charge in [0.2, 0.25) is 20.4 Å². The molecule has 54 heavy (non-hydrogen) atoms. The molecule has 4 rings (SSSR count). The van der Waals surface area contributed by atoms with E-state index in [1.807, 2.05) is 0 Å². The number of carbonyl (C=O) groups is 6. The number of esters is 4. The molecule has 15 heteroatoms. The SMILES string of the molecule is CC(=O)OC[C@H]1O[C@@H](O/C(=C/c2ccc(O[Si](C)(C)C(C)(C)C)cc2)C(=O)OC(C)(C)C)[C@H](N2C(=O)c3ccccc3C2=O)[C@@H](OC(C)=O)[C@H]1OC(C)=O. The van der Waals surface area contributed by atoms with Crippen molar-refractivity contribution in [3.05, 3.63) is 71.0 Å². The molecule has 2 aliphatic heterocycles. The lowest BCUT2D eigenvalue weighted by Crippen LogP contribution is -2.67. The molecule has 2 aromatic rings. The average Bonchev–Trinajstić information content (AvgIpc) is 3.29. The molecule has 0 spiro atoms. The molecule has 2 aliphatic rings. The summed E-state index contributed by atoms with van der Waals surface area (Å²) in [5.74, 6) is -4.68. The zero-order chi connectivity index (χ0) is 40.3. The first kappa shape index (κ1) is 41.7. The van der Waals surface area contributed by atoms with E-state index in [1.54, 1.807) is 57.2 Å². The molecule has 0 unspecified atom stereocenters. The number of rotatable bonds is 11. The number of nitrogens with zero attached hydrogens (tertiary/aromatic N) is 1. The van der Waals surface area contributed by atoms with Gasteiger partial charge >= 0.3 is 23.9 Å². The average molecular weight is 768 g/mol. The third-order valence-electron chi connectivity index (χ3n) is 8.99. The maximum Gasteiger partial charge on any atom is 0.374 e. The second kappa shape index (κ2) is 16.1. The zero-order valence-corrected chi connectivity index (χ0v) is 33.5. The molecule has 0 aromatic heterocycles. The van der Waals surface area contributed by atoms with Crippen molar-refractivity contribution in [1.29, 1.82) is 0 Å². The van der Waals surface area contributed by atoms with Gasteiger partial charge in [0, 0.05) is 20.8 Å². The first-order valence-corrected chi connectivity index (χ1v) is 20.4. The number of hydrogen-bond acceptors (Lipinski definition) is 13. The summed E-state index contributed by atoms with van der Waals surface area (Å²) in [5.41, 5.74) is -0.403. The third kappa shape index (κ3) is 9.93. The number of ether oxygens (including phenoxy) is 6. The summed E-state index contributed by atoms with van der Waals surface area (Å²) in [6, 6.07) is 11.3. The van der Waals surface area contributed by atoms with E-state index < -0.39 is 92.6 Å². The van der Waals surface area contributed by atoms with Gasteiger partial charge in [-0.2, -0.15) is 0 Å². The van der Waals surface area contributed by atoms with Gasteiger partial charge in [-0.05, 0) is 74.8 Å². The van der Waals surface area contributed by atoms with Gasteiger partial charge in [0.15, 0.2) is 12.2 Å². The Labute approximate surface area is 316 Å². The molecule has 2 amide bonds. The highest BCUT2D eigenvalue weighted by Crippen LogP contribution is 2.39. The van der Waals surface area contributed by atoms with Crippen LogP contribution in [0.1, 0.15) is 88.6 Å². The van der Waals surface area contributed by atoms with Crippen LogP contribution in [0, 0.1) is 0 Å². The number of imide groups is 1. The van der Waals surface area contributed by atoms with E-state index in [2.05, 4.69) is 33.9 Å². The minimum atomic E-state index is -2.17. The minimum Gasteiger partial charge on any atom is -0.544 e. The summed E-state index contributed by atoms with van der Waals surface area (Å²) in [7, 11) is -2.17. The summed E-state index contributed by atoms with van der Waals surface area (Å²) in [6.07, 6.45) is -4.90. The highest BCUT2D eigenvalue weighted by atomic mass is 28.4. The number of amides is 2. The second-order valence-corrected chi connectivity index (χ2v) is 20.3. The molecular weight excluding hydrogens is 719 g/mol. The van der Waals surface area contributed by atoms with Crippen LogP contribution in [0.2, 0.25) is 18.1 Å². The first-order chi connectivity index (χ1) is 25.0. The van der Waals surface area contributed by atoms with Crippen LogP contribution in [0.25, 0.3) is 6.08 Å². The Morgan fingerprint density at radius 3 is 1.80 bits per heavy atom. The van der Waals surface area contributed by atoms with E-state index >= 15 is 0 Å². The smallest absolute Gasteiger partial charge is 0.374 e. The molecule has 1 fully saturated rings. The summed E-state index contributed by atoms with van der Waals surface area (Å²) >= 11 is 0. The molecule has 1 saturated heterocycles. The number of carbonyl (C=O) groups excluding carboxylic acids is 6. The van der Waals surface area contributed by atoms with E-state index in [0.717, 1.165) is 25.7 Å². The Bertz CT molecular complexity index is 1770. The summed E-state index contributed by atoms with van der Waals surface area (Å²) in [5, 5.41) is -0.0505. The molecule has 2 heterocycles. The van der Waals surface area contributed by atoms with Crippen molar-refractivity contribution in [1.82, 2.24) is 4.90 Å². The fourth-order valence-corrected chi connectivity index (χ4v) is 6.59. The molecule has 0 saturated carbocycles. The highest BCUT2D eigenvalue weighted by Gasteiger charge is 2.58. The van der Waals surface area contributed by atoms with Gasteiger partial charge in [0.1, 0.15) is 30.1 Å². The molecule has 2 aromatic carbocycles. The standard InChI is InChI=1S/C39H49NO13Si/c1-22(41)47-21-30-32(48-23(2)42)33(49-24(3)43)31(40-34(44)27-14-12-13-15-28(27)35(40)45)37(51-30)50-29(36(46)52-38(4,5)6)20-25-16-18-26(19-17-25)53-54(10,11)39(7,8)9/h12-20,30-33,37H,21H2,1-11H3/b29-20+/t30-,31-,32+,33-,37-/m1/s1. The Morgan fingerprint density at radius 1 is 0.778 bits per heavy atom. The van der Waals surface area contributed by atoms with Gasteiger partial charge in [-0.3, -0.25) is 28.9 Å². The first-order valence-electron chi connectivity index (χ1n) is 17.5. The monoisotopic (exact) mass is 767 g/mol. The third-order valence-corrected chi connectivity index (χ3v) is 13.4. The normalized spacial score (nSPS) is 21.9. The molecule has 0 aliphatic carbocycles. The highest BCUT2D eigenvalue weighted by molar-refractivity contribution is 6.74. The number of hydrogen-bond donors (Lipinski definition) is 0. The molecule has 292 valence electrons. The fraction of sp³-hybridized carbons (Fsp3) is 0.487. The lowest BCUT2D eigenvalue weighted by atomic mass is 9.94. The van der Waals surface area contributed by atoms with E-state index in [0.29, 0.717) is 11.3 Å². The second-order valence-electron chi connectivity index (χ2n) is 15.6. The van der Waals surface area contributed by atoms with Gasteiger partial charge < -0.3 is 32.8 Å². The zero-order valence-electron chi connectivity index (χ0n) is 32.5.